The summed E-state index contributed by atoms with van der Waals surface area (Å²) in [6.45, 7) is 5.70. The van der Waals surface area contributed by atoms with Gasteiger partial charge in [0.2, 0.25) is 0 Å². The molecule has 0 bridgehead atoms. The van der Waals surface area contributed by atoms with Crippen LogP contribution < -0.4 is 10.6 Å². The van der Waals surface area contributed by atoms with E-state index in [1.165, 1.54) is 18.3 Å². The molecule has 0 saturated carbocycles. The largest absolute Gasteiger partial charge is 0.360 e. The molecule has 0 aliphatic carbocycles. The van der Waals surface area contributed by atoms with E-state index in [9.17, 15) is 12.8 Å². The molecule has 1 atom stereocenters. The van der Waals surface area contributed by atoms with Gasteiger partial charge in [-0.1, -0.05) is 30.4 Å². The van der Waals surface area contributed by atoms with Crippen molar-refractivity contribution >= 4 is 26.3 Å². The summed E-state index contributed by atoms with van der Waals surface area (Å²) < 4.78 is 39.2. The number of nitrogens with one attached hydrogen (secondary N) is 2. The minimum absolute atomic E-state index is 0.0729. The zero-order valence-corrected chi connectivity index (χ0v) is 18.6. The Morgan fingerprint density at radius 1 is 1.20 bits per heavy atom. The average Bonchev–Trinajstić information content (AvgIpc) is 3.39. The molecule has 0 fully saturated rings. The summed E-state index contributed by atoms with van der Waals surface area (Å²) in [5, 5.41) is 7.10. The molecule has 2 heterocycles. The summed E-state index contributed by atoms with van der Waals surface area (Å²) in [6.07, 6.45) is 5.84. The number of aromatic nitrogens is 3. The third kappa shape index (κ3) is 5.87. The van der Waals surface area contributed by atoms with E-state index < -0.39 is 9.84 Å². The van der Waals surface area contributed by atoms with Crippen molar-refractivity contribution in [1.29, 1.82) is 0 Å². The van der Waals surface area contributed by atoms with E-state index in [4.69, 9.17) is 0 Å². The summed E-state index contributed by atoms with van der Waals surface area (Å²) in [7, 11) is -3.21. The van der Waals surface area contributed by atoms with E-state index in [0.717, 1.165) is 29.0 Å². The highest BCUT2D eigenvalue weighted by Gasteiger charge is 2.15. The van der Waals surface area contributed by atoms with Crippen molar-refractivity contribution in [3.63, 3.8) is 0 Å². The molecule has 30 heavy (non-hydrogen) atoms. The van der Waals surface area contributed by atoms with Crippen LogP contribution in [0.2, 0.25) is 0 Å². The lowest BCUT2D eigenvalue weighted by Crippen LogP contribution is -2.23. The second kappa shape index (κ2) is 10.1. The van der Waals surface area contributed by atoms with Crippen molar-refractivity contribution in [1.82, 2.24) is 19.9 Å². The first kappa shape index (κ1) is 22.4. The molecule has 162 valence electrons. The van der Waals surface area contributed by atoms with E-state index in [1.807, 2.05) is 24.7 Å². The Labute approximate surface area is 180 Å². The maximum Gasteiger partial charge on any atom is 0.189 e. The van der Waals surface area contributed by atoms with Crippen LogP contribution in [0.25, 0.3) is 0 Å². The highest BCUT2D eigenvalue weighted by molar-refractivity contribution is 7.93. The van der Waals surface area contributed by atoms with Gasteiger partial charge in [0.1, 0.15) is 10.0 Å². The molecule has 2 aromatic heterocycles. The summed E-state index contributed by atoms with van der Waals surface area (Å²) in [5.74, 6) is -0.155. The molecule has 2 N–H and O–H groups in total. The Bertz CT molecular complexity index is 1050. The Morgan fingerprint density at radius 2 is 1.97 bits per heavy atom. The number of hydrogen-bond donors (Lipinski definition) is 2. The summed E-state index contributed by atoms with van der Waals surface area (Å²) in [6, 6.07) is 6.77. The third-order valence-corrected chi connectivity index (χ3v) is 7.96. The highest BCUT2D eigenvalue weighted by atomic mass is 32.2. The summed E-state index contributed by atoms with van der Waals surface area (Å²) >= 11 is 1.15. The molecule has 0 radical (unpaired) electrons. The van der Waals surface area contributed by atoms with E-state index in [2.05, 4.69) is 32.1 Å². The van der Waals surface area contributed by atoms with Crippen LogP contribution in [0.5, 0.6) is 0 Å². The van der Waals surface area contributed by atoms with Gasteiger partial charge >= 0.3 is 0 Å². The SMILES string of the molecule is CCS(=O)(=O)c1cnc(NCCNCc2cncn2[C@H](C)Cc2ccc(F)cc2)s1. The lowest BCUT2D eigenvalue weighted by Gasteiger charge is -2.17. The number of hydrogen-bond acceptors (Lipinski definition) is 7. The lowest BCUT2D eigenvalue weighted by molar-refractivity contribution is 0.512. The van der Waals surface area contributed by atoms with E-state index in [0.29, 0.717) is 29.0 Å². The topological polar surface area (TPSA) is 88.9 Å². The maximum absolute atomic E-state index is 13.1. The fourth-order valence-electron chi connectivity index (χ4n) is 3.03. The molecule has 7 nitrogen and oxygen atoms in total. The standard InChI is InChI=1S/C20H26FN5O2S2/c1-3-30(27,28)19-13-25-20(29-19)24-9-8-22-11-18-12-23-14-26(18)15(2)10-16-4-6-17(21)7-5-16/h4-7,12-15,22H,3,8-11H2,1-2H3,(H,24,25)/t15-/m1/s1. The van der Waals surface area contributed by atoms with Gasteiger partial charge in [0, 0.05) is 31.9 Å². The van der Waals surface area contributed by atoms with E-state index >= 15 is 0 Å². The Kier molecular flexibility index (Phi) is 7.57. The van der Waals surface area contributed by atoms with Gasteiger partial charge in [0.15, 0.2) is 15.0 Å². The molecule has 0 saturated heterocycles. The molecular weight excluding hydrogens is 425 g/mol. The van der Waals surface area contributed by atoms with Crippen LogP contribution in [0.3, 0.4) is 0 Å². The monoisotopic (exact) mass is 451 g/mol. The molecule has 0 amide bonds. The van der Waals surface area contributed by atoms with E-state index in [1.54, 1.807) is 6.92 Å². The van der Waals surface area contributed by atoms with Crippen LogP contribution in [-0.2, 0) is 22.8 Å². The number of nitrogens with zero attached hydrogens (tertiary/aromatic N) is 3. The van der Waals surface area contributed by atoms with Gasteiger partial charge in [-0.2, -0.15) is 0 Å². The fraction of sp³-hybridized carbons (Fsp3) is 0.400. The lowest BCUT2D eigenvalue weighted by atomic mass is 10.1. The van der Waals surface area contributed by atoms with Crippen LogP contribution >= 0.6 is 11.3 Å². The predicted octanol–water partition coefficient (Wildman–Crippen LogP) is 3.28. The fourth-order valence-corrected chi connectivity index (χ4v) is 5.20. The Morgan fingerprint density at radius 3 is 2.70 bits per heavy atom. The number of rotatable bonds is 11. The van der Waals surface area contributed by atoms with Gasteiger partial charge in [0.05, 0.1) is 24.0 Å². The number of sulfone groups is 1. The van der Waals surface area contributed by atoms with Gasteiger partial charge in [-0.15, -0.1) is 0 Å². The van der Waals surface area contributed by atoms with Crippen LogP contribution in [0, 0.1) is 5.82 Å². The minimum Gasteiger partial charge on any atom is -0.360 e. The van der Waals surface area contributed by atoms with Crippen LogP contribution in [0.1, 0.15) is 31.1 Å². The summed E-state index contributed by atoms with van der Waals surface area (Å²) in [4.78, 5) is 8.38. The zero-order valence-electron chi connectivity index (χ0n) is 17.0. The predicted molar refractivity (Wildman–Crippen MR) is 117 cm³/mol. The molecule has 3 aromatic rings. The van der Waals surface area contributed by atoms with Crippen molar-refractivity contribution < 1.29 is 12.8 Å². The van der Waals surface area contributed by atoms with Crippen molar-refractivity contribution in [2.75, 3.05) is 24.2 Å². The van der Waals surface area contributed by atoms with E-state index in [-0.39, 0.29) is 17.6 Å². The van der Waals surface area contributed by atoms with Gasteiger partial charge in [-0.25, -0.2) is 22.8 Å². The van der Waals surface area contributed by atoms with Gasteiger partial charge in [-0.3, -0.25) is 0 Å². The molecule has 10 heteroatoms. The van der Waals surface area contributed by atoms with Gasteiger partial charge in [0.25, 0.3) is 0 Å². The van der Waals surface area contributed by atoms with Crippen molar-refractivity contribution in [2.24, 2.45) is 0 Å². The first-order valence-corrected chi connectivity index (χ1v) is 12.2. The normalized spacial score (nSPS) is 12.8. The van der Waals surface area contributed by atoms with Gasteiger partial charge in [-0.05, 0) is 31.0 Å². The van der Waals surface area contributed by atoms with Crippen LogP contribution in [0.4, 0.5) is 9.52 Å². The third-order valence-electron chi connectivity index (χ3n) is 4.72. The number of halogens is 1. The molecule has 0 spiro atoms. The maximum atomic E-state index is 13.1. The smallest absolute Gasteiger partial charge is 0.189 e. The zero-order chi connectivity index (χ0) is 21.6. The highest BCUT2D eigenvalue weighted by Crippen LogP contribution is 2.23. The first-order chi connectivity index (χ1) is 14.4. The molecule has 1 aromatic carbocycles. The molecular formula is C20H26FN5O2S2. The average molecular weight is 452 g/mol. The quantitative estimate of drug-likeness (QED) is 0.435. The minimum atomic E-state index is -3.21. The van der Waals surface area contributed by atoms with Crippen molar-refractivity contribution in [3.05, 3.63) is 60.1 Å². The van der Waals surface area contributed by atoms with Gasteiger partial charge < -0.3 is 15.2 Å². The molecule has 0 unspecified atom stereocenters. The van der Waals surface area contributed by atoms with Crippen LogP contribution in [-0.4, -0.2) is 41.8 Å². The Balaban J connectivity index is 1.45. The first-order valence-electron chi connectivity index (χ1n) is 9.77. The van der Waals surface area contributed by atoms with Crippen molar-refractivity contribution in [2.45, 2.75) is 37.1 Å². The van der Waals surface area contributed by atoms with Crippen LogP contribution in [0.15, 0.2) is 47.2 Å². The second-order valence-electron chi connectivity index (χ2n) is 6.96. The molecule has 0 aliphatic rings. The second-order valence-corrected chi connectivity index (χ2v) is 10.5. The summed E-state index contributed by atoms with van der Waals surface area (Å²) in [5.41, 5.74) is 2.14. The number of imidazole rings is 1. The number of anilines is 1. The Hall–Kier alpha value is -2.30. The number of benzene rings is 1. The number of thiazole rings is 1. The van der Waals surface area contributed by atoms with Crippen molar-refractivity contribution in [3.8, 4) is 0 Å². The molecule has 0 aliphatic heterocycles. The molecule has 3 rings (SSSR count).